The van der Waals surface area contributed by atoms with Gasteiger partial charge in [0, 0.05) is 0 Å². The van der Waals surface area contributed by atoms with Crippen LogP contribution in [-0.4, -0.2) is 19.1 Å². The van der Waals surface area contributed by atoms with Crippen LogP contribution in [0.4, 0.5) is 0 Å². The molecule has 0 amide bonds. The molecule has 2 fully saturated rings. The Morgan fingerprint density at radius 2 is 1.38 bits per heavy atom. The minimum Gasteiger partial charge on any atom is -0.108 e. The molecule has 21 heavy (non-hydrogen) atoms. The van der Waals surface area contributed by atoms with Crippen molar-refractivity contribution in [2.45, 2.75) is 95.0 Å². The summed E-state index contributed by atoms with van der Waals surface area (Å²) in [7, 11) is -0.932. The molecule has 3 rings (SSSR count). The van der Waals surface area contributed by atoms with Crippen LogP contribution in [0.5, 0.6) is 0 Å². The van der Waals surface area contributed by atoms with Crippen LogP contribution in [0.1, 0.15) is 70.6 Å². The first-order valence-electron chi connectivity index (χ1n) is 9.34. The molecule has 3 aliphatic carbocycles. The summed E-state index contributed by atoms with van der Waals surface area (Å²) in [5.41, 5.74) is 2.25. The van der Waals surface area contributed by atoms with Crippen molar-refractivity contribution in [3.05, 3.63) is 23.4 Å². The molecule has 2 heteroatoms. The molecular weight excluding hydrogens is 287 g/mol. The fraction of sp³-hybridized carbons (Fsp3) is 0.789. The number of hydrogen-bond acceptors (Lipinski definition) is 0. The van der Waals surface area contributed by atoms with Crippen LogP contribution in [0.3, 0.4) is 0 Å². The molecule has 0 aliphatic heterocycles. The first-order valence-corrected chi connectivity index (χ1v) is 14.7. The smallest absolute Gasteiger partial charge is 0.103 e. The summed E-state index contributed by atoms with van der Waals surface area (Å²) >= 11 is 0. The number of rotatable bonds is 4. The Bertz CT molecular complexity index is 380. The summed E-state index contributed by atoms with van der Waals surface area (Å²) in [5, 5.41) is 1.88. The molecule has 3 aliphatic rings. The zero-order chi connectivity index (χ0) is 14.7. The third kappa shape index (κ3) is 3.56. The van der Waals surface area contributed by atoms with Gasteiger partial charge in [0.1, 0.15) is 7.74 Å². The Labute approximate surface area is 134 Å². The normalized spacial score (nSPS) is 25.6. The van der Waals surface area contributed by atoms with Crippen LogP contribution in [-0.2, 0) is 0 Å². The highest BCUT2D eigenvalue weighted by Crippen LogP contribution is 2.64. The van der Waals surface area contributed by atoms with Crippen molar-refractivity contribution in [1.82, 2.24) is 0 Å². The predicted octanol–water partition coefficient (Wildman–Crippen LogP) is 6.76. The van der Waals surface area contributed by atoms with E-state index in [4.69, 9.17) is 0 Å². The summed E-state index contributed by atoms with van der Waals surface area (Å²) in [6.45, 7) is 5.47. The second kappa shape index (κ2) is 7.13. The summed E-state index contributed by atoms with van der Waals surface area (Å²) in [6.07, 6.45) is 23.9. The Balaban J connectivity index is 1.82. The number of hydrogen-bond donors (Lipinski definition) is 0. The molecule has 0 nitrogen and oxygen atoms in total. The van der Waals surface area contributed by atoms with E-state index < -0.39 is 7.74 Å². The van der Waals surface area contributed by atoms with E-state index in [0.29, 0.717) is 0 Å². The van der Waals surface area contributed by atoms with Crippen LogP contribution in [0.25, 0.3) is 0 Å². The zero-order valence-electron chi connectivity index (χ0n) is 14.1. The molecular formula is C19H33PSi. The predicted molar refractivity (Wildman–Crippen MR) is 100.0 cm³/mol. The van der Waals surface area contributed by atoms with Crippen LogP contribution in [0.2, 0.25) is 13.1 Å². The van der Waals surface area contributed by atoms with E-state index >= 15 is 0 Å². The minimum atomic E-state index is -1.21. The lowest BCUT2D eigenvalue weighted by Gasteiger charge is -2.47. The van der Waals surface area contributed by atoms with Gasteiger partial charge in [-0.15, -0.1) is 7.47 Å². The molecule has 0 radical (unpaired) electrons. The van der Waals surface area contributed by atoms with Gasteiger partial charge in [-0.25, -0.2) is 0 Å². The average Bonchev–Trinajstić information content (AvgIpc) is 3.04. The summed E-state index contributed by atoms with van der Waals surface area (Å²) in [4.78, 5) is 0. The standard InChI is InChI=1S/C19H33PSi/c1-21(2,19-15-9-10-16-19)20(17-11-5-3-6-12-17)18-13-7-4-8-14-18/h9-10,15,17-18H,3-8,11-14,16H2,1-2H3. The SMILES string of the molecule is C[Si](C)(C1=CC=CC1)P(C1CCCCC1)C1CCCCC1. The van der Waals surface area contributed by atoms with Gasteiger partial charge >= 0.3 is 0 Å². The highest BCUT2D eigenvalue weighted by molar-refractivity contribution is 7.96. The maximum Gasteiger partial charge on any atom is 0.103 e. The molecule has 0 unspecified atom stereocenters. The van der Waals surface area contributed by atoms with E-state index in [2.05, 4.69) is 31.3 Å². The monoisotopic (exact) mass is 320 g/mol. The fourth-order valence-corrected chi connectivity index (χ4v) is 19.2. The molecule has 0 atom stereocenters. The van der Waals surface area contributed by atoms with Gasteiger partial charge in [-0.2, -0.15) is 0 Å². The van der Waals surface area contributed by atoms with Crippen LogP contribution < -0.4 is 0 Å². The van der Waals surface area contributed by atoms with Gasteiger partial charge in [0.15, 0.2) is 0 Å². The van der Waals surface area contributed by atoms with Gasteiger partial charge in [0.25, 0.3) is 0 Å². The first-order chi connectivity index (χ1) is 10.2. The van der Waals surface area contributed by atoms with Crippen molar-refractivity contribution >= 4 is 15.2 Å². The lowest BCUT2D eigenvalue weighted by atomic mass is 10.00. The van der Waals surface area contributed by atoms with E-state index in [9.17, 15) is 0 Å². The maximum atomic E-state index is 2.74. The molecule has 0 bridgehead atoms. The number of allylic oxidation sites excluding steroid dienone is 4. The van der Waals surface area contributed by atoms with E-state index in [1.165, 1.54) is 44.9 Å². The van der Waals surface area contributed by atoms with Crippen LogP contribution in [0.15, 0.2) is 23.4 Å². The maximum absolute atomic E-state index is 2.74. The van der Waals surface area contributed by atoms with Crippen molar-refractivity contribution in [2.75, 3.05) is 0 Å². The summed E-state index contributed by atoms with van der Waals surface area (Å²) in [5.74, 6) is 0. The van der Waals surface area contributed by atoms with Gasteiger partial charge in [-0.05, 0) is 43.4 Å². The van der Waals surface area contributed by atoms with Gasteiger partial charge in [0.05, 0.1) is 0 Å². The van der Waals surface area contributed by atoms with Crippen LogP contribution >= 0.6 is 7.47 Å². The third-order valence-corrected chi connectivity index (χ3v) is 18.9. The molecule has 0 aromatic carbocycles. The van der Waals surface area contributed by atoms with Crippen molar-refractivity contribution in [3.63, 3.8) is 0 Å². The van der Waals surface area contributed by atoms with Crippen LogP contribution in [0, 0.1) is 0 Å². The first kappa shape index (κ1) is 16.0. The lowest BCUT2D eigenvalue weighted by molar-refractivity contribution is 0.487. The lowest BCUT2D eigenvalue weighted by Crippen LogP contribution is -2.37. The molecule has 0 aromatic rings. The van der Waals surface area contributed by atoms with Gasteiger partial charge in [0.2, 0.25) is 0 Å². The highest BCUT2D eigenvalue weighted by atomic mass is 31.4. The van der Waals surface area contributed by atoms with Gasteiger partial charge in [-0.1, -0.05) is 75.0 Å². The second-order valence-corrected chi connectivity index (χ2v) is 18.8. The Hall–Kier alpha value is 0.127. The van der Waals surface area contributed by atoms with E-state index in [-0.39, 0.29) is 7.47 Å². The van der Waals surface area contributed by atoms with Gasteiger partial charge in [-0.3, -0.25) is 0 Å². The Morgan fingerprint density at radius 1 is 0.857 bits per heavy atom. The minimum absolute atomic E-state index is 0.279. The van der Waals surface area contributed by atoms with E-state index in [1.807, 2.05) is 5.20 Å². The average molecular weight is 321 g/mol. The van der Waals surface area contributed by atoms with Crippen molar-refractivity contribution in [3.8, 4) is 0 Å². The molecule has 0 saturated heterocycles. The second-order valence-electron chi connectivity index (χ2n) is 7.87. The van der Waals surface area contributed by atoms with Gasteiger partial charge < -0.3 is 0 Å². The topological polar surface area (TPSA) is 0 Å². The van der Waals surface area contributed by atoms with E-state index in [1.54, 1.807) is 25.7 Å². The zero-order valence-corrected chi connectivity index (χ0v) is 16.0. The Kier molecular flexibility index (Phi) is 5.44. The van der Waals surface area contributed by atoms with Crippen molar-refractivity contribution in [2.24, 2.45) is 0 Å². The molecule has 2 saturated carbocycles. The van der Waals surface area contributed by atoms with E-state index in [0.717, 1.165) is 11.3 Å². The van der Waals surface area contributed by atoms with Crippen molar-refractivity contribution < 1.29 is 0 Å². The Morgan fingerprint density at radius 3 is 1.81 bits per heavy atom. The van der Waals surface area contributed by atoms with Crippen molar-refractivity contribution in [1.29, 1.82) is 0 Å². The largest absolute Gasteiger partial charge is 0.108 e. The summed E-state index contributed by atoms with van der Waals surface area (Å²) in [6, 6.07) is 0. The fourth-order valence-electron chi connectivity index (χ4n) is 5.00. The molecule has 118 valence electrons. The quantitative estimate of drug-likeness (QED) is 0.396. The molecule has 0 aromatic heterocycles. The molecule has 0 N–H and O–H groups in total. The summed E-state index contributed by atoms with van der Waals surface area (Å²) < 4.78 is 0. The molecule has 0 heterocycles. The highest BCUT2D eigenvalue weighted by Gasteiger charge is 2.43. The third-order valence-electron chi connectivity index (χ3n) is 6.14. The molecule has 0 spiro atoms.